The number of nitrogens with one attached hydrogen (secondary N) is 1. The second-order valence-electron chi connectivity index (χ2n) is 7.22. The molecule has 2 atom stereocenters. The summed E-state index contributed by atoms with van der Waals surface area (Å²) in [5, 5.41) is 2.91. The SMILES string of the molecule is C=CCCC(CC(=O)N[C@@H](CCC)C(C)=O)C[PH](C)(C)C. The number of carbonyl (C=O) groups is 2. The molecule has 124 valence electrons. The van der Waals surface area contributed by atoms with Crippen molar-refractivity contribution in [3.63, 3.8) is 0 Å². The van der Waals surface area contributed by atoms with Gasteiger partial charge in [0.1, 0.15) is 0 Å². The van der Waals surface area contributed by atoms with Gasteiger partial charge in [-0.05, 0) is 0 Å². The van der Waals surface area contributed by atoms with Gasteiger partial charge < -0.3 is 0 Å². The molecule has 1 amide bonds. The molecule has 0 bridgehead atoms. The summed E-state index contributed by atoms with van der Waals surface area (Å²) in [6.45, 7) is 14.4. The first-order chi connectivity index (χ1) is 9.69. The van der Waals surface area contributed by atoms with Gasteiger partial charge in [-0.1, -0.05) is 0 Å². The molecular weight excluding hydrogens is 281 g/mol. The number of ketones is 1. The minimum atomic E-state index is -1.20. The minimum absolute atomic E-state index is 0.0240. The van der Waals surface area contributed by atoms with E-state index in [9.17, 15) is 9.59 Å². The van der Waals surface area contributed by atoms with Crippen molar-refractivity contribution in [1.82, 2.24) is 5.32 Å². The predicted octanol–water partition coefficient (Wildman–Crippen LogP) is 3.47. The Labute approximate surface area is 131 Å². The Balaban J connectivity index is 4.56. The zero-order chi connectivity index (χ0) is 16.5. The van der Waals surface area contributed by atoms with Crippen molar-refractivity contribution in [3.8, 4) is 0 Å². The average molecular weight is 315 g/mol. The van der Waals surface area contributed by atoms with E-state index in [4.69, 9.17) is 0 Å². The summed E-state index contributed by atoms with van der Waals surface area (Å²) in [5.41, 5.74) is 0. The molecule has 0 fully saturated rings. The van der Waals surface area contributed by atoms with Crippen LogP contribution in [0.1, 0.15) is 46.0 Å². The summed E-state index contributed by atoms with van der Waals surface area (Å²) in [6, 6.07) is -0.311. The van der Waals surface area contributed by atoms with Gasteiger partial charge in [0.25, 0.3) is 0 Å². The number of Topliss-reactive ketones (excluding diaryl/α,β-unsaturated/α-hetero) is 1. The van der Waals surface area contributed by atoms with Crippen LogP contribution in [0.3, 0.4) is 0 Å². The molecule has 0 radical (unpaired) electrons. The standard InChI is InChI=1S/C17H34NO2P/c1-7-9-11-15(13-21(4,5)6)12-17(20)18-16(10-8-2)14(3)19/h7,15-16,21H,1,8-13H2,2-6H3,(H,18,20)/t15?,16-/m0/s1. The van der Waals surface area contributed by atoms with Crippen LogP contribution in [0.4, 0.5) is 0 Å². The molecule has 3 nitrogen and oxygen atoms in total. The quantitative estimate of drug-likeness (QED) is 0.469. The van der Waals surface area contributed by atoms with Crippen LogP contribution < -0.4 is 5.32 Å². The van der Waals surface area contributed by atoms with Crippen LogP contribution in [0.5, 0.6) is 0 Å². The fourth-order valence-electron chi connectivity index (χ4n) is 2.68. The van der Waals surface area contributed by atoms with Crippen molar-refractivity contribution in [2.24, 2.45) is 5.92 Å². The summed E-state index contributed by atoms with van der Waals surface area (Å²) < 4.78 is 0. The molecule has 0 saturated carbocycles. The van der Waals surface area contributed by atoms with E-state index in [2.05, 4.69) is 31.9 Å². The first-order valence-electron chi connectivity index (χ1n) is 8.10. The third kappa shape index (κ3) is 10.6. The first kappa shape index (κ1) is 20.3. The van der Waals surface area contributed by atoms with Crippen molar-refractivity contribution in [1.29, 1.82) is 0 Å². The van der Waals surface area contributed by atoms with E-state index in [0.717, 1.165) is 31.8 Å². The second-order valence-corrected chi connectivity index (χ2v) is 12.7. The Hall–Kier alpha value is -0.690. The van der Waals surface area contributed by atoms with Gasteiger partial charge in [0, 0.05) is 0 Å². The van der Waals surface area contributed by atoms with Crippen LogP contribution in [0.15, 0.2) is 12.7 Å². The van der Waals surface area contributed by atoms with Gasteiger partial charge in [-0.2, -0.15) is 0 Å². The number of hydrogen-bond donors (Lipinski definition) is 1. The molecule has 0 aliphatic carbocycles. The third-order valence-electron chi connectivity index (χ3n) is 3.56. The van der Waals surface area contributed by atoms with E-state index >= 15 is 0 Å². The fraction of sp³-hybridized carbons (Fsp3) is 0.765. The van der Waals surface area contributed by atoms with Crippen LogP contribution in [0.2, 0.25) is 0 Å². The third-order valence-corrected chi connectivity index (χ3v) is 5.36. The van der Waals surface area contributed by atoms with Crippen LogP contribution in [-0.4, -0.2) is 43.9 Å². The van der Waals surface area contributed by atoms with E-state index in [1.165, 1.54) is 0 Å². The van der Waals surface area contributed by atoms with Crippen LogP contribution in [-0.2, 0) is 9.59 Å². The molecule has 0 saturated heterocycles. The van der Waals surface area contributed by atoms with E-state index < -0.39 is 7.26 Å². The molecule has 0 rings (SSSR count). The van der Waals surface area contributed by atoms with Crippen LogP contribution in [0.25, 0.3) is 0 Å². The van der Waals surface area contributed by atoms with E-state index in [1.54, 1.807) is 6.92 Å². The maximum atomic E-state index is 12.2. The maximum absolute atomic E-state index is 12.2. The Morgan fingerprint density at radius 2 is 1.86 bits per heavy atom. The van der Waals surface area contributed by atoms with Gasteiger partial charge in [-0.3, -0.25) is 0 Å². The first-order valence-corrected chi connectivity index (χ1v) is 11.8. The van der Waals surface area contributed by atoms with Gasteiger partial charge in [0.05, 0.1) is 0 Å². The molecule has 0 aliphatic rings. The van der Waals surface area contributed by atoms with Gasteiger partial charge >= 0.3 is 131 Å². The Bertz CT molecular complexity index is 347. The second kappa shape index (κ2) is 10.1. The van der Waals surface area contributed by atoms with E-state index in [0.29, 0.717) is 12.3 Å². The molecule has 0 aromatic heterocycles. The van der Waals surface area contributed by atoms with Crippen LogP contribution >= 0.6 is 7.26 Å². The Kier molecular flexibility index (Phi) is 9.77. The Morgan fingerprint density at radius 1 is 1.24 bits per heavy atom. The van der Waals surface area contributed by atoms with Gasteiger partial charge in [0.2, 0.25) is 0 Å². The molecule has 0 aromatic carbocycles. The van der Waals surface area contributed by atoms with Crippen molar-refractivity contribution in [2.45, 2.75) is 52.0 Å². The molecule has 0 aliphatic heterocycles. The van der Waals surface area contributed by atoms with Gasteiger partial charge in [-0.15, -0.1) is 0 Å². The van der Waals surface area contributed by atoms with Gasteiger partial charge in [-0.25, -0.2) is 0 Å². The zero-order valence-electron chi connectivity index (χ0n) is 14.5. The molecule has 0 spiro atoms. The van der Waals surface area contributed by atoms with Gasteiger partial charge in [0.15, 0.2) is 0 Å². The molecule has 4 heteroatoms. The van der Waals surface area contributed by atoms with Crippen LogP contribution in [0, 0.1) is 5.92 Å². The monoisotopic (exact) mass is 315 g/mol. The summed E-state index contributed by atoms with van der Waals surface area (Å²) in [5.74, 6) is 0.484. The zero-order valence-corrected chi connectivity index (χ0v) is 15.5. The van der Waals surface area contributed by atoms with Crippen molar-refractivity contribution >= 4 is 19.0 Å². The topological polar surface area (TPSA) is 46.2 Å². The molecule has 1 N–H and O–H groups in total. The fourth-order valence-corrected chi connectivity index (χ4v) is 4.76. The molecular formula is C17H34NO2P. The predicted molar refractivity (Wildman–Crippen MR) is 96.0 cm³/mol. The summed E-state index contributed by atoms with van der Waals surface area (Å²) in [7, 11) is -1.20. The van der Waals surface area contributed by atoms with Crippen molar-refractivity contribution in [2.75, 3.05) is 26.2 Å². The number of allylic oxidation sites excluding steroid dienone is 1. The summed E-state index contributed by atoms with van der Waals surface area (Å²) in [6.07, 6.45) is 7.20. The molecule has 1 unspecified atom stereocenters. The van der Waals surface area contributed by atoms with Crippen molar-refractivity contribution < 1.29 is 9.59 Å². The summed E-state index contributed by atoms with van der Waals surface area (Å²) >= 11 is 0. The Morgan fingerprint density at radius 3 is 2.29 bits per heavy atom. The van der Waals surface area contributed by atoms with Crippen molar-refractivity contribution in [3.05, 3.63) is 12.7 Å². The molecule has 0 heterocycles. The van der Waals surface area contributed by atoms with E-state index in [1.807, 2.05) is 13.0 Å². The number of carbonyl (C=O) groups excluding carboxylic acids is 2. The molecule has 21 heavy (non-hydrogen) atoms. The van der Waals surface area contributed by atoms with E-state index in [-0.39, 0.29) is 17.7 Å². The number of amides is 1. The average Bonchev–Trinajstić information content (AvgIpc) is 2.33. The normalized spacial score (nSPS) is 15.1. The molecule has 0 aromatic rings. The number of rotatable bonds is 11. The number of hydrogen-bond acceptors (Lipinski definition) is 2. The summed E-state index contributed by atoms with van der Waals surface area (Å²) in [4.78, 5) is 23.8.